The largest absolute Gasteiger partial charge is 0.482 e. The van der Waals surface area contributed by atoms with Gasteiger partial charge in [0.2, 0.25) is 0 Å². The normalized spacial score (nSPS) is 19.4. The van der Waals surface area contributed by atoms with Crippen molar-refractivity contribution in [3.63, 3.8) is 0 Å². The summed E-state index contributed by atoms with van der Waals surface area (Å²) in [6.45, 7) is 0.133. The van der Waals surface area contributed by atoms with Gasteiger partial charge in [-0.1, -0.05) is 41.9 Å². The number of carboxylic acid groups (broad SMARTS) is 1. The van der Waals surface area contributed by atoms with Crippen LogP contribution >= 0.6 is 11.6 Å². The van der Waals surface area contributed by atoms with E-state index in [1.807, 2.05) is 30.3 Å². The van der Waals surface area contributed by atoms with Crippen molar-refractivity contribution >= 4 is 23.5 Å². The average molecular weight is 378 g/mol. The van der Waals surface area contributed by atoms with Crippen molar-refractivity contribution in [3.8, 4) is 5.75 Å². The van der Waals surface area contributed by atoms with Crippen LogP contribution in [-0.2, 0) is 9.59 Å². The number of carboxylic acids is 1. The zero-order valence-electron chi connectivity index (χ0n) is 13.8. The van der Waals surface area contributed by atoms with Gasteiger partial charge in [-0.3, -0.25) is 9.59 Å². The molecule has 1 aliphatic rings. The summed E-state index contributed by atoms with van der Waals surface area (Å²) in [5.41, 5.74) is 0.887. The van der Waals surface area contributed by atoms with E-state index in [1.54, 1.807) is 0 Å². The van der Waals surface area contributed by atoms with Crippen LogP contribution in [0.3, 0.4) is 0 Å². The smallest absolute Gasteiger partial charge is 0.308 e. The number of nitrogens with zero attached hydrogens (tertiary/aromatic N) is 1. The molecule has 0 saturated carbocycles. The van der Waals surface area contributed by atoms with Crippen molar-refractivity contribution in [2.75, 3.05) is 19.7 Å². The van der Waals surface area contributed by atoms with Gasteiger partial charge in [0, 0.05) is 19.0 Å². The Bertz CT molecular complexity index is 814. The molecule has 0 aliphatic carbocycles. The maximum atomic E-state index is 13.0. The molecule has 1 saturated heterocycles. The molecular weight excluding hydrogens is 361 g/mol. The molecule has 136 valence electrons. The number of likely N-dealkylation sites (tertiary alicyclic amines) is 1. The van der Waals surface area contributed by atoms with Gasteiger partial charge >= 0.3 is 5.97 Å². The molecule has 3 rings (SSSR count). The van der Waals surface area contributed by atoms with Crippen LogP contribution in [-0.4, -0.2) is 41.6 Å². The number of amides is 1. The van der Waals surface area contributed by atoms with Crippen LogP contribution in [0.15, 0.2) is 48.5 Å². The minimum absolute atomic E-state index is 0.0739. The molecular formula is C19H17ClFNO4. The Morgan fingerprint density at radius 2 is 1.92 bits per heavy atom. The van der Waals surface area contributed by atoms with Crippen molar-refractivity contribution in [1.82, 2.24) is 4.90 Å². The second kappa shape index (κ2) is 7.74. The Morgan fingerprint density at radius 3 is 2.58 bits per heavy atom. The summed E-state index contributed by atoms with van der Waals surface area (Å²) in [6.07, 6.45) is 0. The number of carbonyl (C=O) groups excluding carboxylic acids is 1. The van der Waals surface area contributed by atoms with Gasteiger partial charge in [-0.15, -0.1) is 0 Å². The van der Waals surface area contributed by atoms with Crippen LogP contribution in [0.25, 0.3) is 0 Å². The van der Waals surface area contributed by atoms with Gasteiger partial charge < -0.3 is 14.7 Å². The fourth-order valence-corrected chi connectivity index (χ4v) is 3.34. The molecule has 1 fully saturated rings. The first kappa shape index (κ1) is 18.2. The van der Waals surface area contributed by atoms with Gasteiger partial charge in [-0.05, 0) is 23.8 Å². The highest BCUT2D eigenvalue weighted by Crippen LogP contribution is 2.33. The Morgan fingerprint density at radius 1 is 1.19 bits per heavy atom. The summed E-state index contributed by atoms with van der Waals surface area (Å²) >= 11 is 5.87. The van der Waals surface area contributed by atoms with Gasteiger partial charge in [-0.25, -0.2) is 4.39 Å². The minimum Gasteiger partial charge on any atom is -0.482 e. The predicted octanol–water partition coefficient (Wildman–Crippen LogP) is 3.18. The van der Waals surface area contributed by atoms with Crippen molar-refractivity contribution in [2.45, 2.75) is 5.92 Å². The molecule has 2 unspecified atom stereocenters. The summed E-state index contributed by atoms with van der Waals surface area (Å²) in [5.74, 6) is -2.51. The highest BCUT2D eigenvalue weighted by atomic mass is 35.5. The number of carbonyl (C=O) groups is 2. The van der Waals surface area contributed by atoms with E-state index in [0.29, 0.717) is 6.54 Å². The fraction of sp³-hybridized carbons (Fsp3) is 0.263. The fourth-order valence-electron chi connectivity index (χ4n) is 3.12. The van der Waals surface area contributed by atoms with Crippen LogP contribution in [0.4, 0.5) is 4.39 Å². The third-order valence-electron chi connectivity index (χ3n) is 4.46. The molecule has 5 nitrogen and oxygen atoms in total. The van der Waals surface area contributed by atoms with E-state index in [4.69, 9.17) is 16.3 Å². The average Bonchev–Trinajstić information content (AvgIpc) is 3.07. The van der Waals surface area contributed by atoms with E-state index in [0.717, 1.165) is 11.6 Å². The molecule has 0 aromatic heterocycles. The predicted molar refractivity (Wildman–Crippen MR) is 93.8 cm³/mol. The maximum Gasteiger partial charge on any atom is 0.308 e. The van der Waals surface area contributed by atoms with Crippen LogP contribution < -0.4 is 4.74 Å². The number of halogens is 2. The van der Waals surface area contributed by atoms with E-state index in [9.17, 15) is 19.1 Å². The quantitative estimate of drug-likeness (QED) is 0.869. The lowest BCUT2D eigenvalue weighted by Gasteiger charge is -2.17. The van der Waals surface area contributed by atoms with E-state index < -0.39 is 17.7 Å². The van der Waals surface area contributed by atoms with Crippen LogP contribution in [0.2, 0.25) is 5.02 Å². The zero-order chi connectivity index (χ0) is 18.7. The number of ether oxygens (including phenoxy) is 1. The lowest BCUT2D eigenvalue weighted by molar-refractivity contribution is -0.142. The lowest BCUT2D eigenvalue weighted by atomic mass is 9.89. The van der Waals surface area contributed by atoms with Crippen molar-refractivity contribution in [1.29, 1.82) is 0 Å². The lowest BCUT2D eigenvalue weighted by Crippen LogP contribution is -2.33. The number of hydrogen-bond acceptors (Lipinski definition) is 3. The van der Waals surface area contributed by atoms with Crippen molar-refractivity contribution < 1.29 is 23.8 Å². The number of rotatable bonds is 5. The molecule has 2 aromatic carbocycles. The summed E-state index contributed by atoms with van der Waals surface area (Å²) < 4.78 is 18.4. The molecule has 2 aromatic rings. The molecule has 7 heteroatoms. The standard InChI is InChI=1S/C19H17ClFNO4/c20-16-8-13(21)6-7-17(16)26-11-18(23)22-9-14(15(10-22)19(24)25)12-4-2-1-3-5-12/h1-8,14-15H,9-11H2,(H,24,25). The molecule has 0 radical (unpaired) electrons. The van der Waals surface area contributed by atoms with Crippen molar-refractivity contribution in [2.24, 2.45) is 5.92 Å². The second-order valence-corrected chi connectivity index (χ2v) is 6.53. The number of benzene rings is 2. The SMILES string of the molecule is O=C(O)C1CN(C(=O)COc2ccc(F)cc2Cl)CC1c1ccccc1. The Labute approximate surface area is 154 Å². The van der Waals surface area contributed by atoms with E-state index in [-0.39, 0.29) is 35.7 Å². The van der Waals surface area contributed by atoms with Gasteiger partial charge in [0.05, 0.1) is 10.9 Å². The van der Waals surface area contributed by atoms with Gasteiger partial charge in [0.15, 0.2) is 6.61 Å². The van der Waals surface area contributed by atoms with Crippen LogP contribution in [0.1, 0.15) is 11.5 Å². The summed E-state index contributed by atoms with van der Waals surface area (Å²) in [4.78, 5) is 25.5. The Hall–Kier alpha value is -2.60. The Kier molecular flexibility index (Phi) is 5.42. The Balaban J connectivity index is 1.67. The first-order chi connectivity index (χ1) is 12.5. The van der Waals surface area contributed by atoms with Crippen LogP contribution in [0.5, 0.6) is 5.75 Å². The summed E-state index contributed by atoms with van der Waals surface area (Å²) in [6, 6.07) is 12.9. The van der Waals surface area contributed by atoms with Crippen LogP contribution in [0, 0.1) is 11.7 Å². The second-order valence-electron chi connectivity index (χ2n) is 6.12. The summed E-state index contributed by atoms with van der Waals surface area (Å²) in [7, 11) is 0. The van der Waals surface area contributed by atoms with E-state index >= 15 is 0 Å². The first-order valence-electron chi connectivity index (χ1n) is 8.09. The number of aliphatic carboxylic acids is 1. The molecule has 0 spiro atoms. The molecule has 2 atom stereocenters. The zero-order valence-corrected chi connectivity index (χ0v) is 14.5. The van der Waals surface area contributed by atoms with Gasteiger partial charge in [0.1, 0.15) is 11.6 Å². The van der Waals surface area contributed by atoms with Crippen molar-refractivity contribution in [3.05, 3.63) is 64.9 Å². The third-order valence-corrected chi connectivity index (χ3v) is 4.76. The third kappa shape index (κ3) is 3.96. The highest BCUT2D eigenvalue weighted by molar-refractivity contribution is 6.32. The van der Waals surface area contributed by atoms with E-state index in [2.05, 4.69) is 0 Å². The molecule has 26 heavy (non-hydrogen) atoms. The molecule has 1 aliphatic heterocycles. The van der Waals surface area contributed by atoms with Gasteiger partial charge in [-0.2, -0.15) is 0 Å². The molecule has 0 bridgehead atoms. The topological polar surface area (TPSA) is 66.8 Å². The minimum atomic E-state index is -0.934. The molecule has 1 heterocycles. The first-order valence-corrected chi connectivity index (χ1v) is 8.47. The maximum absolute atomic E-state index is 13.0. The number of hydrogen-bond donors (Lipinski definition) is 1. The van der Waals surface area contributed by atoms with E-state index in [1.165, 1.54) is 17.0 Å². The van der Waals surface area contributed by atoms with Gasteiger partial charge in [0.25, 0.3) is 5.91 Å². The molecule has 1 N–H and O–H groups in total. The monoisotopic (exact) mass is 377 g/mol. The molecule has 1 amide bonds. The highest BCUT2D eigenvalue weighted by Gasteiger charge is 2.40. The summed E-state index contributed by atoms with van der Waals surface area (Å²) in [5, 5.41) is 9.57.